The Labute approximate surface area is 214 Å². The summed E-state index contributed by atoms with van der Waals surface area (Å²) in [4.78, 5) is 46.8. The maximum Gasteiger partial charge on any atom is 0.290 e. The van der Waals surface area contributed by atoms with Crippen LogP contribution >= 0.6 is 0 Å². The molecule has 196 valence electrons. The maximum absolute atomic E-state index is 13.5. The first-order chi connectivity index (χ1) is 17.8. The van der Waals surface area contributed by atoms with Crippen molar-refractivity contribution in [2.45, 2.75) is 19.8 Å². The number of piperazine rings is 1. The number of nitrogens with one attached hydrogen (secondary N) is 2. The lowest BCUT2D eigenvalue weighted by Crippen LogP contribution is -2.48. The first kappa shape index (κ1) is 26.3. The van der Waals surface area contributed by atoms with Crippen molar-refractivity contribution in [3.8, 4) is 0 Å². The molecule has 2 heterocycles. The van der Waals surface area contributed by atoms with Crippen LogP contribution in [0.15, 0.2) is 47.3 Å². The number of carbonyl (C=O) groups is 2. The quantitative estimate of drug-likeness (QED) is 0.290. The number of methoxy groups -OCH3 is 1. The van der Waals surface area contributed by atoms with Crippen LogP contribution in [0.3, 0.4) is 0 Å². The molecule has 1 atom stereocenters. The van der Waals surface area contributed by atoms with E-state index in [4.69, 9.17) is 4.74 Å². The highest BCUT2D eigenvalue weighted by atomic mass is 16.5. The molecule has 11 nitrogen and oxygen atoms in total. The fourth-order valence-electron chi connectivity index (χ4n) is 4.19. The smallest absolute Gasteiger partial charge is 0.290 e. The second-order valence-corrected chi connectivity index (χ2v) is 9.04. The van der Waals surface area contributed by atoms with Crippen molar-refractivity contribution in [1.82, 2.24) is 19.4 Å². The second-order valence-electron chi connectivity index (χ2n) is 9.04. The van der Waals surface area contributed by atoms with Crippen molar-refractivity contribution < 1.29 is 19.4 Å². The minimum absolute atomic E-state index is 0.0802. The molecule has 2 aromatic carbocycles. The van der Waals surface area contributed by atoms with Gasteiger partial charge >= 0.3 is 0 Å². The van der Waals surface area contributed by atoms with Crippen LogP contribution < -0.4 is 16.2 Å². The highest BCUT2D eigenvalue weighted by molar-refractivity contribution is 5.95. The van der Waals surface area contributed by atoms with Gasteiger partial charge in [-0.15, -0.1) is 0 Å². The third-order valence-electron chi connectivity index (χ3n) is 6.33. The minimum Gasteiger partial charge on any atom is -0.383 e. The molecule has 1 saturated heterocycles. The number of ketones is 1. The molecule has 0 bridgehead atoms. The van der Waals surface area contributed by atoms with E-state index in [1.165, 1.54) is 18.6 Å². The number of aliphatic hydroxyl groups is 1. The van der Waals surface area contributed by atoms with Crippen LogP contribution in [0.2, 0.25) is 0 Å². The molecule has 1 aromatic heterocycles. The highest BCUT2D eigenvalue weighted by Crippen LogP contribution is 2.18. The molecule has 0 aliphatic carbocycles. The van der Waals surface area contributed by atoms with E-state index in [9.17, 15) is 19.5 Å². The molecule has 4 rings (SSSR count). The molecular weight excluding hydrogens is 476 g/mol. The standard InChI is InChI=1S/C26H32N6O5/c1-17(33)18-5-4-6-19(15-18)27-26(36)28-20-7-8-22-21(16-20)24(34)32(13-14-37-3)23(29-22)25(35)31-11-9-30(2)10-12-31/h4-8,15-16,26-28,36H,9-14H2,1-3H3. The van der Waals surface area contributed by atoms with Crippen LogP contribution in [0.4, 0.5) is 11.4 Å². The Hall–Kier alpha value is -3.80. The summed E-state index contributed by atoms with van der Waals surface area (Å²) in [7, 11) is 3.54. The topological polar surface area (TPSA) is 129 Å². The molecule has 0 radical (unpaired) electrons. The lowest BCUT2D eigenvalue weighted by Gasteiger charge is -2.32. The second kappa shape index (κ2) is 11.5. The van der Waals surface area contributed by atoms with Crippen molar-refractivity contribution in [3.63, 3.8) is 0 Å². The van der Waals surface area contributed by atoms with E-state index in [2.05, 4.69) is 20.5 Å². The summed E-state index contributed by atoms with van der Waals surface area (Å²) >= 11 is 0. The monoisotopic (exact) mass is 508 g/mol. The van der Waals surface area contributed by atoms with Gasteiger partial charge < -0.3 is 30.3 Å². The Morgan fingerprint density at radius 2 is 1.78 bits per heavy atom. The van der Waals surface area contributed by atoms with Gasteiger partial charge in [0.15, 0.2) is 5.78 Å². The number of nitrogens with zero attached hydrogens (tertiary/aromatic N) is 4. The number of anilines is 2. The van der Waals surface area contributed by atoms with Gasteiger partial charge in [0.05, 0.1) is 24.1 Å². The summed E-state index contributed by atoms with van der Waals surface area (Å²) in [6.07, 6.45) is -1.19. The van der Waals surface area contributed by atoms with Gasteiger partial charge in [0.25, 0.3) is 11.5 Å². The fourth-order valence-corrected chi connectivity index (χ4v) is 4.19. The van der Waals surface area contributed by atoms with E-state index in [1.54, 1.807) is 47.4 Å². The van der Waals surface area contributed by atoms with E-state index in [-0.39, 0.29) is 36.2 Å². The minimum atomic E-state index is -1.19. The number of benzene rings is 2. The normalized spacial score (nSPS) is 15.0. The number of likely N-dealkylation sites (N-methyl/N-ethyl adjacent to an activating group) is 1. The Kier molecular flexibility index (Phi) is 8.17. The summed E-state index contributed by atoms with van der Waals surface area (Å²) in [6, 6.07) is 11.7. The van der Waals surface area contributed by atoms with E-state index >= 15 is 0 Å². The van der Waals surface area contributed by atoms with Crippen LogP contribution in [-0.2, 0) is 11.3 Å². The van der Waals surface area contributed by atoms with Crippen molar-refractivity contribution in [1.29, 1.82) is 0 Å². The summed E-state index contributed by atoms with van der Waals surface area (Å²) in [5, 5.41) is 16.6. The zero-order chi connectivity index (χ0) is 26.5. The predicted octanol–water partition coefficient (Wildman–Crippen LogP) is 1.43. The van der Waals surface area contributed by atoms with Crippen molar-refractivity contribution in [2.24, 2.45) is 0 Å². The molecule has 3 aromatic rings. The molecule has 1 unspecified atom stereocenters. The number of amides is 1. The molecule has 0 spiro atoms. The Morgan fingerprint density at radius 1 is 1.08 bits per heavy atom. The fraction of sp³-hybridized carbons (Fsp3) is 0.385. The number of carbonyl (C=O) groups excluding carboxylic acids is 2. The van der Waals surface area contributed by atoms with E-state index in [0.717, 1.165) is 13.1 Å². The van der Waals surface area contributed by atoms with Gasteiger partial charge in [-0.1, -0.05) is 12.1 Å². The first-order valence-electron chi connectivity index (χ1n) is 12.1. The van der Waals surface area contributed by atoms with Gasteiger partial charge in [-0.05, 0) is 44.3 Å². The van der Waals surface area contributed by atoms with Crippen LogP contribution in [0, 0.1) is 0 Å². The maximum atomic E-state index is 13.5. The van der Waals surface area contributed by atoms with Gasteiger partial charge in [-0.3, -0.25) is 19.0 Å². The molecule has 1 aliphatic rings. The van der Waals surface area contributed by atoms with Gasteiger partial charge in [-0.2, -0.15) is 0 Å². The van der Waals surface area contributed by atoms with Gasteiger partial charge in [0.1, 0.15) is 0 Å². The third-order valence-corrected chi connectivity index (χ3v) is 6.33. The number of hydrogen-bond donors (Lipinski definition) is 3. The third kappa shape index (κ3) is 6.13. The van der Waals surface area contributed by atoms with Gasteiger partial charge in [0, 0.05) is 50.2 Å². The van der Waals surface area contributed by atoms with Gasteiger partial charge in [0.2, 0.25) is 12.2 Å². The summed E-state index contributed by atoms with van der Waals surface area (Å²) in [5.41, 5.74) is 1.58. The molecule has 37 heavy (non-hydrogen) atoms. The molecule has 0 saturated carbocycles. The number of hydrogen-bond acceptors (Lipinski definition) is 9. The molecular formula is C26H32N6O5. The number of aliphatic hydroxyl groups excluding tert-OH is 1. The average Bonchev–Trinajstić information content (AvgIpc) is 2.88. The number of aromatic nitrogens is 2. The van der Waals surface area contributed by atoms with Crippen molar-refractivity contribution >= 4 is 34.0 Å². The predicted molar refractivity (Wildman–Crippen MR) is 141 cm³/mol. The van der Waals surface area contributed by atoms with Crippen molar-refractivity contribution in [2.75, 3.05) is 57.6 Å². The molecule has 1 aliphatic heterocycles. The Bertz CT molecular complexity index is 1350. The lowest BCUT2D eigenvalue weighted by atomic mass is 10.1. The van der Waals surface area contributed by atoms with Crippen molar-refractivity contribution in [3.05, 3.63) is 64.2 Å². The Balaban J connectivity index is 1.60. The van der Waals surface area contributed by atoms with E-state index < -0.39 is 6.35 Å². The van der Waals surface area contributed by atoms with Gasteiger partial charge in [-0.25, -0.2) is 4.98 Å². The largest absolute Gasteiger partial charge is 0.383 e. The number of ether oxygens (including phenoxy) is 1. The first-order valence-corrected chi connectivity index (χ1v) is 12.1. The lowest BCUT2D eigenvalue weighted by molar-refractivity contribution is 0.0642. The molecule has 1 amide bonds. The summed E-state index contributed by atoms with van der Waals surface area (Å²) < 4.78 is 6.53. The van der Waals surface area contributed by atoms with Crippen LogP contribution in [0.25, 0.3) is 10.9 Å². The van der Waals surface area contributed by atoms with E-state index in [1.807, 2.05) is 7.05 Å². The van der Waals surface area contributed by atoms with Crippen LogP contribution in [-0.4, -0.2) is 89.4 Å². The zero-order valence-electron chi connectivity index (χ0n) is 21.2. The molecule has 1 fully saturated rings. The van der Waals surface area contributed by atoms with E-state index in [0.29, 0.717) is 40.9 Å². The highest BCUT2D eigenvalue weighted by Gasteiger charge is 2.25. The SMILES string of the molecule is COCCn1c(C(=O)N2CCN(C)CC2)nc2ccc(NC(O)Nc3cccc(C(C)=O)c3)cc2c1=O. The zero-order valence-corrected chi connectivity index (χ0v) is 21.2. The average molecular weight is 509 g/mol. The van der Waals surface area contributed by atoms with Crippen LogP contribution in [0.1, 0.15) is 27.9 Å². The molecule has 11 heteroatoms. The summed E-state index contributed by atoms with van der Waals surface area (Å²) in [5.74, 6) is -0.270. The molecule has 3 N–H and O–H groups in total. The number of Topliss-reactive ketones (excluding diaryl/α,β-unsaturated/α-hetero) is 1. The summed E-state index contributed by atoms with van der Waals surface area (Å²) in [6.45, 7) is 4.54. The Morgan fingerprint density at radius 3 is 2.46 bits per heavy atom. The van der Waals surface area contributed by atoms with Crippen LogP contribution in [0.5, 0.6) is 0 Å². The number of rotatable bonds is 9. The number of fused-ring (bicyclic) bond motifs is 1.